The average Bonchev–Trinajstić information content (AvgIpc) is 3.04. The smallest absolute Gasteiger partial charge is 0.254 e. The molecule has 0 aliphatic carbocycles. The number of carbonyl (C=O) groups excluding carboxylic acids is 3. The molecule has 1 aromatic rings. The SMILES string of the molecule is CC(C)N1CC(C(=O)N2CCC(NC(=O)c3ccccc3F)CC2)CC1=O. The van der Waals surface area contributed by atoms with Crippen LogP contribution in [0, 0.1) is 11.7 Å². The van der Waals surface area contributed by atoms with Gasteiger partial charge in [0, 0.05) is 38.1 Å². The van der Waals surface area contributed by atoms with Crippen molar-refractivity contribution in [3.63, 3.8) is 0 Å². The minimum Gasteiger partial charge on any atom is -0.349 e. The van der Waals surface area contributed by atoms with Crippen molar-refractivity contribution in [3.8, 4) is 0 Å². The average molecular weight is 375 g/mol. The predicted octanol–water partition coefficient (Wildman–Crippen LogP) is 1.80. The van der Waals surface area contributed by atoms with Gasteiger partial charge in [0.1, 0.15) is 5.82 Å². The number of nitrogens with one attached hydrogen (secondary N) is 1. The van der Waals surface area contributed by atoms with Crippen LogP contribution < -0.4 is 5.32 Å². The van der Waals surface area contributed by atoms with Gasteiger partial charge in [0.25, 0.3) is 5.91 Å². The lowest BCUT2D eigenvalue weighted by molar-refractivity contribution is -0.136. The maximum atomic E-state index is 13.7. The third-order valence-electron chi connectivity index (χ3n) is 5.39. The minimum absolute atomic E-state index is 0.0189. The summed E-state index contributed by atoms with van der Waals surface area (Å²) in [5, 5.41) is 2.85. The van der Waals surface area contributed by atoms with E-state index in [0.717, 1.165) is 0 Å². The Kier molecular flexibility index (Phi) is 5.77. The van der Waals surface area contributed by atoms with Crippen molar-refractivity contribution >= 4 is 17.7 Å². The number of halogens is 1. The molecule has 3 rings (SSSR count). The number of likely N-dealkylation sites (tertiary alicyclic amines) is 2. The molecular weight excluding hydrogens is 349 g/mol. The van der Waals surface area contributed by atoms with Gasteiger partial charge in [0.2, 0.25) is 11.8 Å². The van der Waals surface area contributed by atoms with Crippen LogP contribution in [-0.2, 0) is 9.59 Å². The minimum atomic E-state index is -0.539. The molecule has 2 heterocycles. The third kappa shape index (κ3) is 4.28. The van der Waals surface area contributed by atoms with Gasteiger partial charge in [0.15, 0.2) is 0 Å². The van der Waals surface area contributed by atoms with E-state index in [0.29, 0.717) is 32.5 Å². The van der Waals surface area contributed by atoms with E-state index in [2.05, 4.69) is 5.32 Å². The summed E-state index contributed by atoms with van der Waals surface area (Å²) < 4.78 is 13.7. The Balaban J connectivity index is 1.50. The molecule has 2 aliphatic heterocycles. The highest BCUT2D eigenvalue weighted by atomic mass is 19.1. The van der Waals surface area contributed by atoms with Crippen molar-refractivity contribution in [1.82, 2.24) is 15.1 Å². The molecule has 0 radical (unpaired) electrons. The van der Waals surface area contributed by atoms with Gasteiger partial charge in [-0.15, -0.1) is 0 Å². The van der Waals surface area contributed by atoms with E-state index in [-0.39, 0.29) is 41.8 Å². The third-order valence-corrected chi connectivity index (χ3v) is 5.39. The van der Waals surface area contributed by atoms with Crippen molar-refractivity contribution in [1.29, 1.82) is 0 Å². The van der Waals surface area contributed by atoms with Gasteiger partial charge in [-0.1, -0.05) is 12.1 Å². The highest BCUT2D eigenvalue weighted by Gasteiger charge is 2.38. The number of carbonyl (C=O) groups is 3. The summed E-state index contributed by atoms with van der Waals surface area (Å²) >= 11 is 0. The van der Waals surface area contributed by atoms with Gasteiger partial charge in [-0.2, -0.15) is 0 Å². The molecular formula is C20H26FN3O3. The molecule has 2 aliphatic rings. The molecule has 2 saturated heterocycles. The predicted molar refractivity (Wildman–Crippen MR) is 98.4 cm³/mol. The van der Waals surface area contributed by atoms with E-state index in [1.807, 2.05) is 13.8 Å². The zero-order chi connectivity index (χ0) is 19.6. The van der Waals surface area contributed by atoms with Gasteiger partial charge in [0.05, 0.1) is 11.5 Å². The fourth-order valence-electron chi connectivity index (χ4n) is 3.81. The number of hydrogen-bond acceptors (Lipinski definition) is 3. The van der Waals surface area contributed by atoms with Crippen LogP contribution in [0.15, 0.2) is 24.3 Å². The molecule has 0 saturated carbocycles. The lowest BCUT2D eigenvalue weighted by Crippen LogP contribution is -2.48. The topological polar surface area (TPSA) is 69.7 Å². The number of nitrogens with zero attached hydrogens (tertiary/aromatic N) is 2. The van der Waals surface area contributed by atoms with E-state index >= 15 is 0 Å². The first-order chi connectivity index (χ1) is 12.9. The Hall–Kier alpha value is -2.44. The molecule has 0 aromatic heterocycles. The fourth-order valence-corrected chi connectivity index (χ4v) is 3.81. The molecule has 1 atom stereocenters. The second kappa shape index (κ2) is 8.06. The monoisotopic (exact) mass is 375 g/mol. The first kappa shape index (κ1) is 19.3. The van der Waals surface area contributed by atoms with Crippen molar-refractivity contribution in [3.05, 3.63) is 35.6 Å². The van der Waals surface area contributed by atoms with Crippen molar-refractivity contribution in [2.24, 2.45) is 5.92 Å². The molecule has 146 valence electrons. The summed E-state index contributed by atoms with van der Waals surface area (Å²) in [5.41, 5.74) is 0.0363. The van der Waals surface area contributed by atoms with E-state index in [1.54, 1.807) is 21.9 Å². The zero-order valence-electron chi connectivity index (χ0n) is 15.8. The Bertz CT molecular complexity index is 729. The van der Waals surface area contributed by atoms with Crippen LogP contribution >= 0.6 is 0 Å². The molecule has 1 aromatic carbocycles. The van der Waals surface area contributed by atoms with E-state index in [9.17, 15) is 18.8 Å². The lowest BCUT2D eigenvalue weighted by atomic mass is 10.0. The molecule has 3 amide bonds. The second-order valence-corrected chi connectivity index (χ2v) is 7.59. The maximum Gasteiger partial charge on any atom is 0.254 e. The Morgan fingerprint density at radius 2 is 1.85 bits per heavy atom. The largest absolute Gasteiger partial charge is 0.349 e. The van der Waals surface area contributed by atoms with Crippen LogP contribution in [-0.4, -0.2) is 59.2 Å². The molecule has 1 N–H and O–H groups in total. The van der Waals surface area contributed by atoms with Gasteiger partial charge >= 0.3 is 0 Å². The fraction of sp³-hybridized carbons (Fsp3) is 0.550. The number of benzene rings is 1. The highest BCUT2D eigenvalue weighted by Crippen LogP contribution is 2.24. The van der Waals surface area contributed by atoms with Crippen LogP contribution in [0.5, 0.6) is 0 Å². The molecule has 6 nitrogen and oxygen atoms in total. The van der Waals surface area contributed by atoms with E-state index < -0.39 is 11.7 Å². The molecule has 7 heteroatoms. The normalized spacial score (nSPS) is 21.0. The highest BCUT2D eigenvalue weighted by molar-refractivity contribution is 5.94. The second-order valence-electron chi connectivity index (χ2n) is 7.59. The van der Waals surface area contributed by atoms with Crippen LogP contribution in [0.2, 0.25) is 0 Å². The summed E-state index contributed by atoms with van der Waals surface area (Å²) in [4.78, 5) is 40.5. The van der Waals surface area contributed by atoms with Crippen LogP contribution in [0.3, 0.4) is 0 Å². The summed E-state index contributed by atoms with van der Waals surface area (Å²) in [7, 11) is 0. The molecule has 27 heavy (non-hydrogen) atoms. The van der Waals surface area contributed by atoms with Crippen molar-refractivity contribution in [2.45, 2.75) is 45.2 Å². The lowest BCUT2D eigenvalue weighted by Gasteiger charge is -2.34. The first-order valence-corrected chi connectivity index (χ1v) is 9.50. The summed E-state index contributed by atoms with van der Waals surface area (Å²) in [6.07, 6.45) is 1.53. The Labute approximate surface area is 158 Å². The van der Waals surface area contributed by atoms with E-state index in [1.165, 1.54) is 12.1 Å². The first-order valence-electron chi connectivity index (χ1n) is 9.50. The van der Waals surface area contributed by atoms with Crippen LogP contribution in [0.4, 0.5) is 4.39 Å². The van der Waals surface area contributed by atoms with Gasteiger partial charge < -0.3 is 15.1 Å². The van der Waals surface area contributed by atoms with Gasteiger partial charge in [-0.25, -0.2) is 4.39 Å². The van der Waals surface area contributed by atoms with Crippen molar-refractivity contribution in [2.75, 3.05) is 19.6 Å². The summed E-state index contributed by atoms with van der Waals surface area (Å²) in [5.74, 6) is -1.18. The Morgan fingerprint density at radius 3 is 2.44 bits per heavy atom. The number of hydrogen-bond donors (Lipinski definition) is 1. The molecule has 2 fully saturated rings. The maximum absolute atomic E-state index is 13.7. The number of amides is 3. The van der Waals surface area contributed by atoms with Gasteiger partial charge in [-0.3, -0.25) is 14.4 Å². The van der Waals surface area contributed by atoms with Gasteiger partial charge in [-0.05, 0) is 38.8 Å². The van der Waals surface area contributed by atoms with Crippen LogP contribution in [0.25, 0.3) is 0 Å². The molecule has 0 bridgehead atoms. The van der Waals surface area contributed by atoms with Crippen molar-refractivity contribution < 1.29 is 18.8 Å². The summed E-state index contributed by atoms with van der Waals surface area (Å²) in [6, 6.07) is 5.92. The zero-order valence-corrected chi connectivity index (χ0v) is 15.8. The van der Waals surface area contributed by atoms with Crippen LogP contribution in [0.1, 0.15) is 43.5 Å². The molecule has 1 unspecified atom stereocenters. The summed E-state index contributed by atoms with van der Waals surface area (Å²) in [6.45, 7) is 5.46. The molecule has 0 spiro atoms. The number of rotatable bonds is 4. The standard InChI is InChI=1S/C20H26FN3O3/c1-13(2)24-12-14(11-18(24)25)20(27)23-9-7-15(8-10-23)22-19(26)16-5-3-4-6-17(16)21/h3-6,13-15H,7-12H2,1-2H3,(H,22,26). The Morgan fingerprint density at radius 1 is 1.19 bits per heavy atom. The number of piperidine rings is 1. The van der Waals surface area contributed by atoms with E-state index in [4.69, 9.17) is 0 Å². The quantitative estimate of drug-likeness (QED) is 0.873.